The van der Waals surface area contributed by atoms with Crippen molar-refractivity contribution in [1.82, 2.24) is 0 Å². The predicted molar refractivity (Wildman–Crippen MR) is 74.9 cm³/mol. The van der Waals surface area contributed by atoms with E-state index in [1.807, 2.05) is 32.9 Å². The van der Waals surface area contributed by atoms with Crippen LogP contribution in [0.25, 0.3) is 0 Å². The Morgan fingerprint density at radius 3 is 2.05 bits per heavy atom. The van der Waals surface area contributed by atoms with Gasteiger partial charge in [-0.1, -0.05) is 53.7 Å². The van der Waals surface area contributed by atoms with E-state index in [1.165, 1.54) is 0 Å². The van der Waals surface area contributed by atoms with Gasteiger partial charge < -0.3 is 4.74 Å². The third kappa shape index (κ3) is 5.17. The van der Waals surface area contributed by atoms with Crippen LogP contribution in [0.15, 0.2) is 18.2 Å². The fourth-order valence-electron chi connectivity index (χ4n) is 2.10. The van der Waals surface area contributed by atoms with Gasteiger partial charge in [-0.2, -0.15) is 8.78 Å². The molecule has 1 rings (SSSR count). The van der Waals surface area contributed by atoms with Crippen LogP contribution in [0, 0.1) is 5.41 Å². The Morgan fingerprint density at radius 2 is 1.63 bits per heavy atom. The SMILES string of the molecule is CC(C)(C)Cc1ccc(C(C)(C)C)c(OC(F)F)c1. The lowest BCUT2D eigenvalue weighted by atomic mass is 9.83. The lowest BCUT2D eigenvalue weighted by molar-refractivity contribution is -0.0509. The molecule has 0 N–H and O–H groups in total. The molecule has 0 fully saturated rings. The van der Waals surface area contributed by atoms with Crippen molar-refractivity contribution in [1.29, 1.82) is 0 Å². The van der Waals surface area contributed by atoms with Gasteiger partial charge in [-0.15, -0.1) is 0 Å². The monoisotopic (exact) mass is 270 g/mol. The summed E-state index contributed by atoms with van der Waals surface area (Å²) in [5.41, 5.74) is 1.73. The zero-order valence-electron chi connectivity index (χ0n) is 12.7. The van der Waals surface area contributed by atoms with E-state index >= 15 is 0 Å². The van der Waals surface area contributed by atoms with Gasteiger partial charge in [0.25, 0.3) is 0 Å². The van der Waals surface area contributed by atoms with E-state index in [1.54, 1.807) is 6.07 Å². The van der Waals surface area contributed by atoms with Crippen molar-refractivity contribution in [3.8, 4) is 5.75 Å². The molecule has 1 aromatic carbocycles. The molecule has 0 aliphatic carbocycles. The van der Waals surface area contributed by atoms with Gasteiger partial charge in [0.15, 0.2) is 0 Å². The quantitative estimate of drug-likeness (QED) is 0.736. The highest BCUT2D eigenvalue weighted by atomic mass is 19.3. The Balaban J connectivity index is 3.15. The summed E-state index contributed by atoms with van der Waals surface area (Å²) in [4.78, 5) is 0. The van der Waals surface area contributed by atoms with Gasteiger partial charge in [0.05, 0.1) is 0 Å². The first-order valence-electron chi connectivity index (χ1n) is 6.57. The van der Waals surface area contributed by atoms with Crippen LogP contribution in [-0.2, 0) is 11.8 Å². The first-order valence-corrected chi connectivity index (χ1v) is 6.57. The maximum atomic E-state index is 12.5. The Labute approximate surface area is 115 Å². The summed E-state index contributed by atoms with van der Waals surface area (Å²) in [5, 5.41) is 0. The van der Waals surface area contributed by atoms with Crippen LogP contribution in [0.4, 0.5) is 8.78 Å². The minimum Gasteiger partial charge on any atom is -0.435 e. The molecule has 1 nitrogen and oxygen atoms in total. The van der Waals surface area contributed by atoms with Gasteiger partial charge >= 0.3 is 6.61 Å². The van der Waals surface area contributed by atoms with Crippen LogP contribution in [0.2, 0.25) is 0 Å². The number of alkyl halides is 2. The fraction of sp³-hybridized carbons (Fsp3) is 0.625. The summed E-state index contributed by atoms with van der Waals surface area (Å²) < 4.78 is 29.8. The second-order valence-corrected chi connectivity index (χ2v) is 7.20. The zero-order valence-corrected chi connectivity index (χ0v) is 12.7. The van der Waals surface area contributed by atoms with Crippen LogP contribution in [-0.4, -0.2) is 6.61 Å². The second kappa shape index (κ2) is 5.48. The van der Waals surface area contributed by atoms with E-state index in [0.29, 0.717) is 5.75 Å². The lowest BCUT2D eigenvalue weighted by Gasteiger charge is -2.24. The van der Waals surface area contributed by atoms with Crippen LogP contribution in [0.5, 0.6) is 5.75 Å². The van der Waals surface area contributed by atoms with Gasteiger partial charge in [0.1, 0.15) is 5.75 Å². The summed E-state index contributed by atoms with van der Waals surface area (Å²) in [6.45, 7) is 9.55. The molecular weight excluding hydrogens is 246 g/mol. The molecule has 0 aliphatic heterocycles. The molecular formula is C16H24F2O. The summed E-state index contributed by atoms with van der Waals surface area (Å²) in [6.07, 6.45) is 0.830. The number of benzene rings is 1. The smallest absolute Gasteiger partial charge is 0.387 e. The van der Waals surface area contributed by atoms with Crippen molar-refractivity contribution in [3.05, 3.63) is 29.3 Å². The molecule has 0 radical (unpaired) electrons. The Hall–Kier alpha value is -1.12. The molecule has 1 aromatic rings. The number of rotatable bonds is 3. The van der Waals surface area contributed by atoms with Crippen molar-refractivity contribution in [2.45, 2.75) is 60.0 Å². The summed E-state index contributed by atoms with van der Waals surface area (Å²) in [7, 11) is 0. The summed E-state index contributed by atoms with van der Waals surface area (Å²) in [6, 6.07) is 5.65. The maximum Gasteiger partial charge on any atom is 0.387 e. The van der Waals surface area contributed by atoms with Gasteiger partial charge in [-0.3, -0.25) is 0 Å². The Kier molecular flexibility index (Phi) is 4.59. The topological polar surface area (TPSA) is 9.23 Å². The molecule has 0 saturated carbocycles. The van der Waals surface area contributed by atoms with Crippen molar-refractivity contribution >= 4 is 0 Å². The number of halogens is 2. The summed E-state index contributed by atoms with van der Waals surface area (Å²) in [5.74, 6) is 0.296. The second-order valence-electron chi connectivity index (χ2n) is 7.20. The molecule has 0 saturated heterocycles. The predicted octanol–water partition coefficient (Wildman–Crippen LogP) is 5.17. The highest BCUT2D eigenvalue weighted by Crippen LogP contribution is 2.34. The molecule has 0 aromatic heterocycles. The molecule has 108 valence electrons. The van der Waals surface area contributed by atoms with Crippen LogP contribution in [0.1, 0.15) is 52.7 Å². The largest absolute Gasteiger partial charge is 0.435 e. The number of ether oxygens (including phenoxy) is 1. The first kappa shape index (κ1) is 15.9. The highest BCUT2D eigenvalue weighted by molar-refractivity contribution is 5.42. The molecule has 19 heavy (non-hydrogen) atoms. The molecule has 0 amide bonds. The van der Waals surface area contributed by atoms with Crippen LogP contribution >= 0.6 is 0 Å². The first-order chi connectivity index (χ1) is 8.49. The maximum absolute atomic E-state index is 12.5. The standard InChI is InChI=1S/C16H24F2O/c1-15(2,3)10-11-7-8-12(16(4,5)6)13(9-11)19-14(17)18/h7-9,14H,10H2,1-6H3. The minimum atomic E-state index is -2.79. The molecule has 0 unspecified atom stereocenters. The van der Waals surface area contributed by atoms with Gasteiger partial charge in [0.2, 0.25) is 0 Å². The van der Waals surface area contributed by atoms with Crippen molar-refractivity contribution in [2.24, 2.45) is 5.41 Å². The van der Waals surface area contributed by atoms with Gasteiger partial charge in [-0.05, 0) is 34.4 Å². The van der Waals surface area contributed by atoms with E-state index in [9.17, 15) is 8.78 Å². The molecule has 0 aliphatic rings. The van der Waals surface area contributed by atoms with Crippen LogP contribution in [0.3, 0.4) is 0 Å². The third-order valence-electron chi connectivity index (χ3n) is 2.80. The van der Waals surface area contributed by atoms with Crippen LogP contribution < -0.4 is 4.74 Å². The zero-order chi connectivity index (χ0) is 14.8. The highest BCUT2D eigenvalue weighted by Gasteiger charge is 2.22. The van der Waals surface area contributed by atoms with E-state index < -0.39 is 6.61 Å². The van der Waals surface area contributed by atoms with E-state index in [2.05, 4.69) is 20.8 Å². The van der Waals surface area contributed by atoms with E-state index in [4.69, 9.17) is 4.74 Å². The number of hydrogen-bond donors (Lipinski definition) is 0. The molecule has 0 bridgehead atoms. The molecule has 0 heterocycles. The molecule has 0 spiro atoms. The minimum absolute atomic E-state index is 0.116. The Morgan fingerprint density at radius 1 is 1.05 bits per heavy atom. The van der Waals surface area contributed by atoms with Gasteiger partial charge in [-0.25, -0.2) is 0 Å². The van der Waals surface area contributed by atoms with Crippen molar-refractivity contribution < 1.29 is 13.5 Å². The lowest BCUT2D eigenvalue weighted by Crippen LogP contribution is -2.16. The molecule has 3 heteroatoms. The van der Waals surface area contributed by atoms with Crippen molar-refractivity contribution in [2.75, 3.05) is 0 Å². The normalized spacial score (nSPS) is 12.9. The fourth-order valence-corrected chi connectivity index (χ4v) is 2.10. The van der Waals surface area contributed by atoms with Crippen molar-refractivity contribution in [3.63, 3.8) is 0 Å². The van der Waals surface area contributed by atoms with E-state index in [0.717, 1.165) is 17.5 Å². The number of hydrogen-bond acceptors (Lipinski definition) is 1. The third-order valence-corrected chi connectivity index (χ3v) is 2.80. The molecule has 0 atom stereocenters. The van der Waals surface area contributed by atoms with E-state index in [-0.39, 0.29) is 10.8 Å². The average Bonchev–Trinajstić information content (AvgIpc) is 2.11. The average molecular weight is 270 g/mol. The summed E-state index contributed by atoms with van der Waals surface area (Å²) >= 11 is 0. The van der Waals surface area contributed by atoms with Gasteiger partial charge in [0, 0.05) is 0 Å². The Bertz CT molecular complexity index is 425.